The van der Waals surface area contributed by atoms with Gasteiger partial charge in [0.1, 0.15) is 0 Å². The largest absolute Gasteiger partial charge is 0.462 e. The van der Waals surface area contributed by atoms with Crippen molar-refractivity contribution in [2.24, 2.45) is 0 Å². The Balaban J connectivity index is 1.95. The number of amides is 1. The molecule has 1 aliphatic heterocycles. The number of anilines is 1. The van der Waals surface area contributed by atoms with E-state index in [1.54, 1.807) is 30.3 Å². The Hall–Kier alpha value is -3.68. The Kier molecular flexibility index (Phi) is 5.39. The monoisotopic (exact) mass is 381 g/mol. The molecule has 8 nitrogen and oxygen atoms in total. The minimum Gasteiger partial charge on any atom is -0.462 e. The van der Waals surface area contributed by atoms with Crippen molar-refractivity contribution < 1.29 is 23.8 Å². The van der Waals surface area contributed by atoms with Gasteiger partial charge in [0.05, 0.1) is 21.7 Å². The maximum Gasteiger partial charge on any atom is 0.398 e. The minimum atomic E-state index is -0.718. The average Bonchev–Trinajstić information content (AvgIpc) is 2.70. The molecular weight excluding hydrogens is 362 g/mol. The number of hydrogen-bond donors (Lipinski definition) is 1. The number of ether oxygens (including phenoxy) is 1. The lowest BCUT2D eigenvalue weighted by molar-refractivity contribution is -0.484. The first-order valence-corrected chi connectivity index (χ1v) is 8.77. The molecule has 1 amide bonds. The Morgan fingerprint density at radius 3 is 2.39 bits per heavy atom. The van der Waals surface area contributed by atoms with E-state index in [4.69, 9.17) is 4.74 Å². The normalized spacial score (nSPS) is 13.2. The molecule has 28 heavy (non-hydrogen) atoms. The van der Waals surface area contributed by atoms with E-state index in [-0.39, 0.29) is 34.9 Å². The van der Waals surface area contributed by atoms with Gasteiger partial charge < -0.3 is 10.1 Å². The molecule has 0 saturated heterocycles. The number of carbonyl (C=O) groups is 2. The van der Waals surface area contributed by atoms with Crippen LogP contribution >= 0.6 is 0 Å². The molecular formula is C20H19N3O5+2. The Bertz CT molecular complexity index is 1010. The van der Waals surface area contributed by atoms with E-state index in [0.717, 1.165) is 0 Å². The fraction of sp³-hybridized carbons (Fsp3) is 0.200. The average molecular weight is 381 g/mol. The summed E-state index contributed by atoms with van der Waals surface area (Å²) in [5, 5.41) is 2.59. The highest BCUT2D eigenvalue weighted by atomic mass is 16.5. The van der Waals surface area contributed by atoms with Crippen LogP contribution in [-0.2, 0) is 9.53 Å². The number of carbonyl (C=O) groups excluding carboxylic acids is 2. The number of allylic oxidation sites excluding steroid dienone is 1. The maximum atomic E-state index is 12.9. The molecule has 0 aromatic heterocycles. The summed E-state index contributed by atoms with van der Waals surface area (Å²) in [7, 11) is 0. The predicted molar refractivity (Wildman–Crippen MR) is 101 cm³/mol. The highest BCUT2D eigenvalue weighted by Gasteiger charge is 2.49. The fourth-order valence-electron chi connectivity index (χ4n) is 2.78. The molecule has 142 valence electrons. The van der Waals surface area contributed by atoms with Crippen molar-refractivity contribution in [3.63, 3.8) is 0 Å². The van der Waals surface area contributed by atoms with Crippen LogP contribution in [0, 0.1) is 9.81 Å². The predicted octanol–water partition coefficient (Wildman–Crippen LogP) is 3.96. The lowest BCUT2D eigenvalue weighted by Crippen LogP contribution is -2.27. The van der Waals surface area contributed by atoms with Crippen molar-refractivity contribution >= 4 is 28.9 Å². The highest BCUT2D eigenvalue weighted by molar-refractivity contribution is 6.02. The Morgan fingerprint density at radius 1 is 1.00 bits per heavy atom. The van der Waals surface area contributed by atoms with Crippen molar-refractivity contribution in [3.05, 3.63) is 75.3 Å². The van der Waals surface area contributed by atoms with Crippen LogP contribution in [0.25, 0.3) is 0 Å². The molecule has 2 aromatic carbocycles. The molecule has 0 bridgehead atoms. The molecule has 1 heterocycles. The zero-order valence-corrected chi connectivity index (χ0v) is 15.5. The quantitative estimate of drug-likeness (QED) is 0.625. The summed E-state index contributed by atoms with van der Waals surface area (Å²) in [6, 6.07) is 12.6. The first-order valence-electron chi connectivity index (χ1n) is 8.77. The zero-order valence-electron chi connectivity index (χ0n) is 15.5. The number of hydrogen-bond acceptors (Lipinski definition) is 5. The molecule has 0 spiro atoms. The number of nitrogens with zero attached hydrogens (tertiary/aromatic N) is 2. The molecule has 0 atom stereocenters. The van der Waals surface area contributed by atoms with E-state index in [1.165, 1.54) is 25.1 Å². The van der Waals surface area contributed by atoms with E-state index >= 15 is 0 Å². The minimum absolute atomic E-state index is 0.0442. The van der Waals surface area contributed by atoms with Gasteiger partial charge in [-0.3, -0.25) is 4.79 Å². The van der Waals surface area contributed by atoms with Crippen LogP contribution in [0.15, 0.2) is 59.9 Å². The molecule has 0 unspecified atom stereocenters. The van der Waals surface area contributed by atoms with Crippen LogP contribution in [0.4, 0.5) is 17.1 Å². The fourth-order valence-corrected chi connectivity index (χ4v) is 2.78. The van der Waals surface area contributed by atoms with Gasteiger partial charge in [0.2, 0.25) is 0 Å². The summed E-state index contributed by atoms with van der Waals surface area (Å²) < 4.78 is 5.94. The molecule has 0 aliphatic carbocycles. The van der Waals surface area contributed by atoms with Gasteiger partial charge in [-0.25, -0.2) is 4.79 Å². The molecule has 1 aliphatic rings. The van der Waals surface area contributed by atoms with E-state index in [0.29, 0.717) is 21.6 Å². The van der Waals surface area contributed by atoms with Crippen molar-refractivity contribution in [1.82, 2.24) is 0 Å². The first-order chi connectivity index (χ1) is 13.4. The number of nitroso groups, excluding NO2 is 2. The van der Waals surface area contributed by atoms with Gasteiger partial charge in [0.15, 0.2) is 0 Å². The van der Waals surface area contributed by atoms with Crippen molar-refractivity contribution in [2.45, 2.75) is 20.3 Å². The number of benzene rings is 2. The third-order valence-corrected chi connectivity index (χ3v) is 4.18. The Morgan fingerprint density at radius 2 is 1.71 bits per heavy atom. The summed E-state index contributed by atoms with van der Waals surface area (Å²) in [5.41, 5.74) is 0.188. The van der Waals surface area contributed by atoms with Crippen LogP contribution in [0.1, 0.15) is 30.6 Å². The smallest absolute Gasteiger partial charge is 0.398 e. The standard InChI is InChI=1S/C20H18N3O5/c1-3-11-28-20(25)14-9-10-16-17(12-14)23(27)18(13(2)22(16)26)19(24)21-15-7-5-4-6-8-15/h4-10,12H,3,11H2,1-2H3/q+1/p+1. The molecule has 3 rings (SSSR count). The van der Waals surface area contributed by atoms with Crippen LogP contribution in [0.3, 0.4) is 0 Å². The molecule has 0 fully saturated rings. The number of rotatable bonds is 5. The summed E-state index contributed by atoms with van der Waals surface area (Å²) >= 11 is 0. The van der Waals surface area contributed by atoms with Gasteiger partial charge in [0.25, 0.3) is 0 Å². The summed E-state index contributed by atoms with van der Waals surface area (Å²) in [6.07, 6.45) is 0.657. The lowest BCUT2D eigenvalue weighted by atomic mass is 10.1. The van der Waals surface area contributed by atoms with Gasteiger partial charge >= 0.3 is 34.6 Å². The molecule has 1 N–H and O–H groups in total. The number of para-hydroxylation sites is 1. The van der Waals surface area contributed by atoms with E-state index in [9.17, 15) is 19.4 Å². The van der Waals surface area contributed by atoms with E-state index in [2.05, 4.69) is 5.32 Å². The van der Waals surface area contributed by atoms with Crippen LogP contribution in [0.5, 0.6) is 0 Å². The van der Waals surface area contributed by atoms with E-state index in [1.807, 2.05) is 6.92 Å². The second-order valence-electron chi connectivity index (χ2n) is 6.18. The van der Waals surface area contributed by atoms with E-state index < -0.39 is 11.9 Å². The third-order valence-electron chi connectivity index (χ3n) is 4.18. The van der Waals surface area contributed by atoms with Crippen molar-refractivity contribution in [1.29, 1.82) is 0 Å². The van der Waals surface area contributed by atoms with Gasteiger partial charge in [0, 0.05) is 34.6 Å². The van der Waals surface area contributed by atoms with Crippen LogP contribution in [0.2, 0.25) is 0 Å². The topological polar surface area (TPSA) is 95.6 Å². The Labute approximate surface area is 161 Å². The lowest BCUT2D eigenvalue weighted by Gasteiger charge is -2.08. The van der Waals surface area contributed by atoms with Crippen LogP contribution < -0.4 is 5.32 Å². The van der Waals surface area contributed by atoms with Gasteiger partial charge in [-0.1, -0.05) is 25.1 Å². The maximum absolute atomic E-state index is 12.9. The third kappa shape index (κ3) is 3.57. The summed E-state index contributed by atoms with van der Waals surface area (Å²) in [5.74, 6) is -1.32. The molecule has 8 heteroatoms. The highest BCUT2D eigenvalue weighted by Crippen LogP contribution is 2.37. The zero-order chi connectivity index (χ0) is 20.3. The van der Waals surface area contributed by atoms with Crippen molar-refractivity contribution in [2.75, 3.05) is 11.9 Å². The second-order valence-corrected chi connectivity index (χ2v) is 6.18. The van der Waals surface area contributed by atoms with Gasteiger partial charge in [-0.2, -0.15) is 0 Å². The van der Waals surface area contributed by atoms with Crippen LogP contribution in [-0.4, -0.2) is 28.0 Å². The van der Waals surface area contributed by atoms with Gasteiger partial charge in [-0.15, -0.1) is 0 Å². The molecule has 0 saturated carbocycles. The molecule has 2 aromatic rings. The van der Waals surface area contributed by atoms with Gasteiger partial charge in [-0.05, 0) is 24.6 Å². The molecule has 0 radical (unpaired) electrons. The SMILES string of the molecule is CCCOC(=O)c1ccc2c(c1)[N+](=O)C(C(=O)Nc1ccccc1)=C(C)[N+]2=O. The number of nitrogens with one attached hydrogen (secondary N) is 1. The number of esters is 1. The summed E-state index contributed by atoms with van der Waals surface area (Å²) in [4.78, 5) is 50.2. The summed E-state index contributed by atoms with van der Waals surface area (Å²) in [6.45, 7) is 3.50. The second kappa shape index (κ2) is 7.91. The first kappa shape index (κ1) is 19.1. The van der Waals surface area contributed by atoms with Crippen molar-refractivity contribution in [3.8, 4) is 0 Å². The number of fused-ring (bicyclic) bond motifs is 1.